The molecule has 2 rings (SSSR count). The van der Waals surface area contributed by atoms with E-state index in [4.69, 9.17) is 4.74 Å². The first kappa shape index (κ1) is 13.3. The first-order valence-corrected chi connectivity index (χ1v) is 6.24. The van der Waals surface area contributed by atoms with Crippen LogP contribution in [0.25, 0.3) is 0 Å². The monoisotopic (exact) mass is 256 g/mol. The molecule has 2 aromatic rings. The van der Waals surface area contributed by atoms with E-state index in [1.807, 2.05) is 25.1 Å². The number of carbonyl (C=O) groups is 1. The zero-order valence-electron chi connectivity index (χ0n) is 10.8. The third-order valence-electron chi connectivity index (χ3n) is 2.87. The quantitative estimate of drug-likeness (QED) is 0.832. The maximum atomic E-state index is 11.5. The number of rotatable bonds is 5. The third-order valence-corrected chi connectivity index (χ3v) is 2.87. The molecule has 0 aromatic heterocycles. The standard InChI is InChI=1S/C16H16O3/c1-2-15(18)12-7-9-14(10-8-12)19-16-6-4-3-5-13(16)11-17/h3-10,17H,2,11H2,1H3. The van der Waals surface area contributed by atoms with E-state index in [0.717, 1.165) is 5.56 Å². The van der Waals surface area contributed by atoms with Crippen molar-refractivity contribution in [2.75, 3.05) is 0 Å². The summed E-state index contributed by atoms with van der Waals surface area (Å²) in [5, 5.41) is 9.22. The number of ketones is 1. The molecule has 3 heteroatoms. The highest BCUT2D eigenvalue weighted by Crippen LogP contribution is 2.25. The number of ether oxygens (including phenoxy) is 1. The molecule has 0 atom stereocenters. The highest BCUT2D eigenvalue weighted by molar-refractivity contribution is 5.95. The SMILES string of the molecule is CCC(=O)c1ccc(Oc2ccccc2CO)cc1. The number of benzene rings is 2. The molecule has 0 saturated heterocycles. The first-order chi connectivity index (χ1) is 9.24. The summed E-state index contributed by atoms with van der Waals surface area (Å²) in [4.78, 5) is 11.5. The molecule has 1 N–H and O–H groups in total. The van der Waals surface area contributed by atoms with Gasteiger partial charge >= 0.3 is 0 Å². The number of aliphatic hydroxyl groups is 1. The van der Waals surface area contributed by atoms with Crippen LogP contribution in [-0.2, 0) is 6.61 Å². The second kappa shape index (κ2) is 6.16. The molecule has 2 aromatic carbocycles. The molecule has 98 valence electrons. The maximum Gasteiger partial charge on any atom is 0.162 e. The van der Waals surface area contributed by atoms with Crippen molar-refractivity contribution in [1.82, 2.24) is 0 Å². The van der Waals surface area contributed by atoms with Crippen LogP contribution in [0.15, 0.2) is 48.5 Å². The smallest absolute Gasteiger partial charge is 0.162 e. The summed E-state index contributed by atoms with van der Waals surface area (Å²) >= 11 is 0. The minimum Gasteiger partial charge on any atom is -0.457 e. The van der Waals surface area contributed by atoms with Gasteiger partial charge in [-0.25, -0.2) is 0 Å². The van der Waals surface area contributed by atoms with E-state index in [9.17, 15) is 9.90 Å². The molecule has 0 spiro atoms. The molecule has 0 saturated carbocycles. The second-order valence-corrected chi connectivity index (χ2v) is 4.17. The van der Waals surface area contributed by atoms with E-state index >= 15 is 0 Å². The molecule has 0 fully saturated rings. The number of carbonyl (C=O) groups excluding carboxylic acids is 1. The van der Waals surface area contributed by atoms with Crippen molar-refractivity contribution in [2.24, 2.45) is 0 Å². The van der Waals surface area contributed by atoms with Gasteiger partial charge in [-0.15, -0.1) is 0 Å². The minimum absolute atomic E-state index is 0.0669. The average Bonchev–Trinajstić information content (AvgIpc) is 2.48. The van der Waals surface area contributed by atoms with Crippen LogP contribution in [-0.4, -0.2) is 10.9 Å². The summed E-state index contributed by atoms with van der Waals surface area (Å²) in [5.41, 5.74) is 1.42. The Morgan fingerprint density at radius 3 is 2.42 bits per heavy atom. The van der Waals surface area contributed by atoms with Gasteiger partial charge < -0.3 is 9.84 Å². The van der Waals surface area contributed by atoms with E-state index in [0.29, 0.717) is 23.5 Å². The first-order valence-electron chi connectivity index (χ1n) is 6.24. The average molecular weight is 256 g/mol. The number of para-hydroxylation sites is 1. The van der Waals surface area contributed by atoms with Gasteiger partial charge in [0.25, 0.3) is 0 Å². The van der Waals surface area contributed by atoms with Gasteiger partial charge in [-0.3, -0.25) is 4.79 Å². The molecule has 0 unspecified atom stereocenters. The third kappa shape index (κ3) is 3.20. The highest BCUT2D eigenvalue weighted by atomic mass is 16.5. The van der Waals surface area contributed by atoms with Crippen LogP contribution in [0.5, 0.6) is 11.5 Å². The van der Waals surface area contributed by atoms with Crippen molar-refractivity contribution >= 4 is 5.78 Å². The summed E-state index contributed by atoms with van der Waals surface area (Å²) in [6, 6.07) is 14.3. The fraction of sp³-hybridized carbons (Fsp3) is 0.188. The minimum atomic E-state index is -0.0669. The van der Waals surface area contributed by atoms with Crippen LogP contribution in [0.1, 0.15) is 29.3 Å². The van der Waals surface area contributed by atoms with Crippen LogP contribution >= 0.6 is 0 Å². The van der Waals surface area contributed by atoms with Crippen LogP contribution in [0.2, 0.25) is 0 Å². The topological polar surface area (TPSA) is 46.5 Å². The summed E-state index contributed by atoms with van der Waals surface area (Å²) in [5.74, 6) is 1.38. The molecule has 0 bridgehead atoms. The summed E-state index contributed by atoms with van der Waals surface area (Å²) in [6.07, 6.45) is 0.494. The lowest BCUT2D eigenvalue weighted by Crippen LogP contribution is -1.96. The Labute approximate surface area is 112 Å². The van der Waals surface area contributed by atoms with Gasteiger partial charge in [-0.2, -0.15) is 0 Å². The Kier molecular flexibility index (Phi) is 4.31. The molecule has 0 aliphatic heterocycles. The van der Waals surface area contributed by atoms with Gasteiger partial charge in [0.1, 0.15) is 11.5 Å². The van der Waals surface area contributed by atoms with Crippen molar-refractivity contribution in [3.8, 4) is 11.5 Å². The molecule has 0 aliphatic rings. The van der Waals surface area contributed by atoms with Gasteiger partial charge in [0.15, 0.2) is 5.78 Å². The predicted molar refractivity (Wildman–Crippen MR) is 73.5 cm³/mol. The second-order valence-electron chi connectivity index (χ2n) is 4.17. The van der Waals surface area contributed by atoms with Crippen molar-refractivity contribution in [2.45, 2.75) is 20.0 Å². The molecule has 0 amide bonds. The largest absolute Gasteiger partial charge is 0.457 e. The predicted octanol–water partition coefficient (Wildman–Crippen LogP) is 3.56. The molecule has 3 nitrogen and oxygen atoms in total. The van der Waals surface area contributed by atoms with Gasteiger partial charge in [0.2, 0.25) is 0 Å². The Balaban J connectivity index is 2.17. The summed E-state index contributed by atoms with van der Waals surface area (Å²) in [6.45, 7) is 1.77. The van der Waals surface area contributed by atoms with Gasteiger partial charge in [0.05, 0.1) is 6.61 Å². The van der Waals surface area contributed by atoms with Crippen molar-refractivity contribution in [3.63, 3.8) is 0 Å². The maximum absolute atomic E-state index is 11.5. The van der Waals surface area contributed by atoms with E-state index < -0.39 is 0 Å². The Morgan fingerprint density at radius 2 is 1.79 bits per heavy atom. The lowest BCUT2D eigenvalue weighted by molar-refractivity contribution is 0.0988. The molecule has 0 heterocycles. The zero-order valence-corrected chi connectivity index (χ0v) is 10.8. The highest BCUT2D eigenvalue weighted by Gasteiger charge is 2.05. The lowest BCUT2D eigenvalue weighted by Gasteiger charge is -2.09. The van der Waals surface area contributed by atoms with E-state index in [1.165, 1.54) is 0 Å². The Morgan fingerprint density at radius 1 is 1.11 bits per heavy atom. The van der Waals surface area contributed by atoms with Gasteiger partial charge in [-0.1, -0.05) is 25.1 Å². The van der Waals surface area contributed by atoms with Crippen LogP contribution in [0, 0.1) is 0 Å². The van der Waals surface area contributed by atoms with Crippen molar-refractivity contribution in [3.05, 3.63) is 59.7 Å². The molecular formula is C16H16O3. The fourth-order valence-electron chi connectivity index (χ4n) is 1.77. The summed E-state index contributed by atoms with van der Waals surface area (Å²) in [7, 11) is 0. The molecular weight excluding hydrogens is 240 g/mol. The van der Waals surface area contributed by atoms with E-state index in [2.05, 4.69) is 0 Å². The van der Waals surface area contributed by atoms with Crippen LogP contribution < -0.4 is 4.74 Å². The zero-order chi connectivity index (χ0) is 13.7. The molecule has 0 radical (unpaired) electrons. The molecule has 0 aliphatic carbocycles. The summed E-state index contributed by atoms with van der Waals surface area (Å²) < 4.78 is 5.70. The van der Waals surface area contributed by atoms with Crippen LogP contribution in [0.3, 0.4) is 0 Å². The van der Waals surface area contributed by atoms with Crippen LogP contribution in [0.4, 0.5) is 0 Å². The van der Waals surface area contributed by atoms with Gasteiger partial charge in [0, 0.05) is 17.5 Å². The van der Waals surface area contributed by atoms with E-state index in [1.54, 1.807) is 30.3 Å². The van der Waals surface area contributed by atoms with Gasteiger partial charge in [-0.05, 0) is 30.3 Å². The number of Topliss-reactive ketones (excluding diaryl/α,β-unsaturated/α-hetero) is 1. The van der Waals surface area contributed by atoms with Crippen molar-refractivity contribution < 1.29 is 14.6 Å². The van der Waals surface area contributed by atoms with Crippen molar-refractivity contribution in [1.29, 1.82) is 0 Å². The normalized spacial score (nSPS) is 10.2. The number of hydrogen-bond acceptors (Lipinski definition) is 3. The number of aliphatic hydroxyl groups excluding tert-OH is 1. The molecule has 19 heavy (non-hydrogen) atoms. The fourth-order valence-corrected chi connectivity index (χ4v) is 1.77. The van der Waals surface area contributed by atoms with E-state index in [-0.39, 0.29) is 12.4 Å². The number of hydrogen-bond donors (Lipinski definition) is 1. The Bertz CT molecular complexity index is 558. The Hall–Kier alpha value is -2.13. The lowest BCUT2D eigenvalue weighted by atomic mass is 10.1.